The molecule has 2 heteroatoms. The lowest BCUT2D eigenvalue weighted by Crippen LogP contribution is -2.12. The van der Waals surface area contributed by atoms with E-state index < -0.39 is 0 Å². The number of epoxide rings is 1. The third-order valence-electron chi connectivity index (χ3n) is 4.47. The lowest BCUT2D eigenvalue weighted by atomic mass is 10.0. The molecule has 22 heavy (non-hydrogen) atoms. The molecule has 5 rings (SSSR count). The van der Waals surface area contributed by atoms with Crippen molar-refractivity contribution in [2.75, 3.05) is 4.90 Å². The van der Waals surface area contributed by atoms with Gasteiger partial charge in [-0.1, -0.05) is 54.6 Å². The van der Waals surface area contributed by atoms with Gasteiger partial charge in [0.1, 0.15) is 12.2 Å². The van der Waals surface area contributed by atoms with Crippen molar-refractivity contribution in [1.82, 2.24) is 0 Å². The lowest BCUT2D eigenvalue weighted by Gasteiger charge is -2.27. The van der Waals surface area contributed by atoms with E-state index in [1.807, 2.05) is 0 Å². The molecule has 2 nitrogen and oxygen atoms in total. The Kier molecular flexibility index (Phi) is 2.43. The first-order valence-corrected chi connectivity index (χ1v) is 7.62. The predicted octanol–water partition coefficient (Wildman–Crippen LogP) is 5.28. The van der Waals surface area contributed by atoms with Crippen LogP contribution in [0, 0.1) is 0 Å². The largest absolute Gasteiger partial charge is 0.359 e. The fourth-order valence-electron chi connectivity index (χ4n) is 3.43. The fourth-order valence-corrected chi connectivity index (χ4v) is 3.43. The Morgan fingerprint density at radius 2 is 1.09 bits per heavy atom. The SMILES string of the molecule is c1ccc(N2c3ccccc3[C@H]3O[C@H]3c3ccccc32)cc1. The monoisotopic (exact) mass is 285 g/mol. The number of fused-ring (bicyclic) bond motifs is 5. The summed E-state index contributed by atoms with van der Waals surface area (Å²) in [4.78, 5) is 2.35. The molecule has 0 aliphatic carbocycles. The quantitative estimate of drug-likeness (QED) is 0.565. The minimum Gasteiger partial charge on any atom is -0.359 e. The van der Waals surface area contributed by atoms with Gasteiger partial charge in [-0.3, -0.25) is 0 Å². The van der Waals surface area contributed by atoms with E-state index in [2.05, 4.69) is 83.8 Å². The van der Waals surface area contributed by atoms with E-state index >= 15 is 0 Å². The molecule has 0 spiro atoms. The normalized spacial score (nSPS) is 21.4. The molecule has 106 valence electrons. The van der Waals surface area contributed by atoms with E-state index in [1.54, 1.807) is 0 Å². The summed E-state index contributed by atoms with van der Waals surface area (Å²) in [6.07, 6.45) is 0.372. The van der Waals surface area contributed by atoms with Crippen LogP contribution in [0.1, 0.15) is 23.3 Å². The van der Waals surface area contributed by atoms with E-state index in [0.29, 0.717) is 0 Å². The molecular formula is C20H15NO. The first-order chi connectivity index (χ1) is 10.9. The highest BCUT2D eigenvalue weighted by atomic mass is 16.6. The number of rotatable bonds is 1. The van der Waals surface area contributed by atoms with Crippen molar-refractivity contribution < 1.29 is 4.74 Å². The zero-order chi connectivity index (χ0) is 14.5. The van der Waals surface area contributed by atoms with Crippen molar-refractivity contribution in [2.24, 2.45) is 0 Å². The smallest absolute Gasteiger partial charge is 0.116 e. The topological polar surface area (TPSA) is 15.8 Å². The molecule has 1 fully saturated rings. The highest BCUT2D eigenvalue weighted by Gasteiger charge is 2.47. The van der Waals surface area contributed by atoms with E-state index in [9.17, 15) is 0 Å². The minimum absolute atomic E-state index is 0.186. The second-order valence-electron chi connectivity index (χ2n) is 5.77. The Balaban J connectivity index is 1.82. The van der Waals surface area contributed by atoms with Gasteiger partial charge in [0, 0.05) is 16.8 Å². The van der Waals surface area contributed by atoms with Crippen molar-refractivity contribution >= 4 is 17.1 Å². The van der Waals surface area contributed by atoms with Gasteiger partial charge >= 0.3 is 0 Å². The maximum absolute atomic E-state index is 5.97. The molecule has 3 aromatic rings. The standard InChI is InChI=1S/C20H15NO/c1-2-8-14(9-3-1)21-17-12-6-4-10-15(17)19-20(22-19)16-11-5-7-13-18(16)21/h1-13,19-20H/t19-,20+. The average Bonchev–Trinajstić information content (AvgIpc) is 3.37. The number of nitrogens with zero attached hydrogens (tertiary/aromatic N) is 1. The second-order valence-corrected chi connectivity index (χ2v) is 5.77. The summed E-state index contributed by atoms with van der Waals surface area (Å²) < 4.78 is 5.97. The maximum atomic E-state index is 5.97. The molecule has 0 N–H and O–H groups in total. The lowest BCUT2D eigenvalue weighted by molar-refractivity contribution is 0.377. The van der Waals surface area contributed by atoms with Crippen LogP contribution in [0.4, 0.5) is 17.1 Å². The number of anilines is 3. The summed E-state index contributed by atoms with van der Waals surface area (Å²) >= 11 is 0. The molecule has 0 unspecified atom stereocenters. The van der Waals surface area contributed by atoms with Crippen LogP contribution in [-0.2, 0) is 4.74 Å². The van der Waals surface area contributed by atoms with Crippen LogP contribution < -0.4 is 4.90 Å². The Morgan fingerprint density at radius 3 is 1.68 bits per heavy atom. The molecule has 2 atom stereocenters. The number of benzene rings is 3. The minimum atomic E-state index is 0.186. The zero-order valence-corrected chi connectivity index (χ0v) is 12.0. The van der Waals surface area contributed by atoms with Gasteiger partial charge in [-0.05, 0) is 24.3 Å². The molecule has 0 radical (unpaired) electrons. The first-order valence-electron chi connectivity index (χ1n) is 7.62. The highest BCUT2D eigenvalue weighted by Crippen LogP contribution is 2.59. The number of hydrogen-bond acceptors (Lipinski definition) is 2. The van der Waals surface area contributed by atoms with Gasteiger partial charge < -0.3 is 9.64 Å². The molecule has 1 saturated heterocycles. The molecule has 3 aromatic carbocycles. The van der Waals surface area contributed by atoms with Crippen molar-refractivity contribution in [3.8, 4) is 0 Å². The van der Waals surface area contributed by atoms with Gasteiger partial charge in [-0.25, -0.2) is 0 Å². The van der Waals surface area contributed by atoms with Gasteiger partial charge in [-0.15, -0.1) is 0 Å². The van der Waals surface area contributed by atoms with Crippen molar-refractivity contribution in [2.45, 2.75) is 12.2 Å². The second kappa shape index (κ2) is 4.46. The Bertz CT molecular complexity index is 792. The van der Waals surface area contributed by atoms with Gasteiger partial charge in [-0.2, -0.15) is 0 Å². The molecule has 2 heterocycles. The van der Waals surface area contributed by atoms with Gasteiger partial charge in [0.25, 0.3) is 0 Å². The van der Waals surface area contributed by atoms with Crippen LogP contribution in [0.25, 0.3) is 0 Å². The van der Waals surface area contributed by atoms with Crippen molar-refractivity contribution in [3.05, 3.63) is 90.0 Å². The number of para-hydroxylation sites is 3. The van der Waals surface area contributed by atoms with Gasteiger partial charge in [0.05, 0.1) is 11.4 Å². The van der Waals surface area contributed by atoms with Gasteiger partial charge in [0.15, 0.2) is 0 Å². The van der Waals surface area contributed by atoms with E-state index in [4.69, 9.17) is 4.74 Å². The molecule has 0 amide bonds. The van der Waals surface area contributed by atoms with Crippen LogP contribution in [0.15, 0.2) is 78.9 Å². The molecule has 2 aliphatic rings. The molecule has 0 aromatic heterocycles. The summed E-state index contributed by atoms with van der Waals surface area (Å²) in [7, 11) is 0. The molecular weight excluding hydrogens is 270 g/mol. The Morgan fingerprint density at radius 1 is 0.591 bits per heavy atom. The van der Waals surface area contributed by atoms with E-state index in [-0.39, 0.29) is 12.2 Å². The van der Waals surface area contributed by atoms with Crippen LogP contribution in [-0.4, -0.2) is 0 Å². The summed E-state index contributed by atoms with van der Waals surface area (Å²) in [6.45, 7) is 0. The van der Waals surface area contributed by atoms with Crippen LogP contribution in [0.5, 0.6) is 0 Å². The summed E-state index contributed by atoms with van der Waals surface area (Å²) in [6, 6.07) is 27.7. The summed E-state index contributed by atoms with van der Waals surface area (Å²) in [5.41, 5.74) is 6.15. The van der Waals surface area contributed by atoms with Crippen LogP contribution >= 0.6 is 0 Å². The number of ether oxygens (including phenoxy) is 1. The van der Waals surface area contributed by atoms with E-state index in [1.165, 1.54) is 28.2 Å². The third-order valence-corrected chi connectivity index (χ3v) is 4.47. The molecule has 0 saturated carbocycles. The van der Waals surface area contributed by atoms with Crippen molar-refractivity contribution in [3.63, 3.8) is 0 Å². The average molecular weight is 285 g/mol. The maximum Gasteiger partial charge on any atom is 0.116 e. The third kappa shape index (κ3) is 1.65. The Hall–Kier alpha value is -2.58. The summed E-state index contributed by atoms with van der Waals surface area (Å²) in [5, 5.41) is 0. The van der Waals surface area contributed by atoms with Crippen LogP contribution in [0.3, 0.4) is 0 Å². The highest BCUT2D eigenvalue weighted by molar-refractivity contribution is 5.82. The first kappa shape index (κ1) is 12.0. The van der Waals surface area contributed by atoms with Crippen molar-refractivity contribution in [1.29, 1.82) is 0 Å². The number of hydrogen-bond donors (Lipinski definition) is 0. The zero-order valence-electron chi connectivity index (χ0n) is 12.0. The fraction of sp³-hybridized carbons (Fsp3) is 0.100. The predicted molar refractivity (Wildman–Crippen MR) is 87.7 cm³/mol. The molecule has 2 aliphatic heterocycles. The van der Waals surface area contributed by atoms with E-state index in [0.717, 1.165) is 0 Å². The molecule has 0 bridgehead atoms. The Labute approximate surface area is 129 Å². The van der Waals surface area contributed by atoms with Gasteiger partial charge in [0.2, 0.25) is 0 Å². The van der Waals surface area contributed by atoms with Crippen LogP contribution in [0.2, 0.25) is 0 Å². The summed E-state index contributed by atoms with van der Waals surface area (Å²) in [5.74, 6) is 0.